The quantitative estimate of drug-likeness (QED) is 0.838. The van der Waals surface area contributed by atoms with E-state index in [4.69, 9.17) is 33.7 Å². The van der Waals surface area contributed by atoms with Gasteiger partial charge in [-0.3, -0.25) is 9.78 Å². The Balaban J connectivity index is 2.22. The summed E-state index contributed by atoms with van der Waals surface area (Å²) >= 11 is 12.5. The summed E-state index contributed by atoms with van der Waals surface area (Å²) in [7, 11) is 1.62. The average Bonchev–Trinajstić information content (AvgIpc) is 2.90. The normalized spacial score (nSPS) is 14.7. The zero-order chi connectivity index (χ0) is 19.0. The molecule has 0 saturated heterocycles. The Morgan fingerprint density at radius 1 is 1.35 bits per heavy atom. The van der Waals surface area contributed by atoms with E-state index in [1.165, 1.54) is 0 Å². The second-order valence-corrected chi connectivity index (χ2v) is 7.28. The third-order valence-corrected chi connectivity index (χ3v) is 5.27. The number of carbonyl (C=O) groups is 1. The highest BCUT2D eigenvalue weighted by atomic mass is 35.5. The molecule has 0 unspecified atom stereocenters. The highest BCUT2D eigenvalue weighted by Gasteiger charge is 2.36. The summed E-state index contributed by atoms with van der Waals surface area (Å²) < 4.78 is 5.21. The first-order chi connectivity index (χ1) is 12.4. The lowest BCUT2D eigenvalue weighted by Gasteiger charge is -2.23. The molecule has 138 valence electrons. The summed E-state index contributed by atoms with van der Waals surface area (Å²) in [4.78, 5) is 19.6. The Bertz CT molecular complexity index is 870. The van der Waals surface area contributed by atoms with Crippen LogP contribution in [0, 0.1) is 6.92 Å². The molecule has 1 aliphatic heterocycles. The number of benzene rings is 1. The molecule has 2 N–H and O–H groups in total. The van der Waals surface area contributed by atoms with Gasteiger partial charge in [0.05, 0.1) is 30.5 Å². The highest BCUT2D eigenvalue weighted by molar-refractivity contribution is 6.36. The lowest BCUT2D eigenvalue weighted by molar-refractivity contribution is 0.0587. The largest absolute Gasteiger partial charge is 0.383 e. The van der Waals surface area contributed by atoms with Gasteiger partial charge in [-0.05, 0) is 31.5 Å². The zero-order valence-corrected chi connectivity index (χ0v) is 16.5. The second kappa shape index (κ2) is 7.53. The molecule has 3 rings (SSSR count). The summed E-state index contributed by atoms with van der Waals surface area (Å²) in [5.74, 6) is -0.0761. The molecule has 1 aliphatic rings. The van der Waals surface area contributed by atoms with Crippen LogP contribution in [0.4, 0.5) is 0 Å². The Morgan fingerprint density at radius 3 is 2.69 bits per heavy atom. The van der Waals surface area contributed by atoms with Crippen molar-refractivity contribution in [2.24, 2.45) is 5.73 Å². The minimum absolute atomic E-state index is 0.0585. The zero-order valence-electron chi connectivity index (χ0n) is 15.0. The summed E-state index contributed by atoms with van der Waals surface area (Å²) in [5, 5.41) is 1.02. The number of aromatic nitrogens is 1. The monoisotopic (exact) mass is 393 g/mol. The van der Waals surface area contributed by atoms with Gasteiger partial charge in [0.15, 0.2) is 0 Å². The van der Waals surface area contributed by atoms with E-state index in [0.29, 0.717) is 28.8 Å². The van der Waals surface area contributed by atoms with Gasteiger partial charge in [-0.2, -0.15) is 0 Å². The fourth-order valence-corrected chi connectivity index (χ4v) is 3.95. The first-order valence-corrected chi connectivity index (χ1v) is 9.12. The van der Waals surface area contributed by atoms with Gasteiger partial charge in [-0.25, -0.2) is 0 Å². The van der Waals surface area contributed by atoms with E-state index in [-0.39, 0.29) is 18.5 Å². The van der Waals surface area contributed by atoms with Crippen LogP contribution < -0.4 is 5.73 Å². The number of nitrogens with two attached hydrogens (primary N) is 1. The number of rotatable bonds is 5. The van der Waals surface area contributed by atoms with Crippen molar-refractivity contribution in [1.29, 1.82) is 0 Å². The smallest absolute Gasteiger partial charge is 0.257 e. The molecule has 1 amide bonds. The maximum atomic E-state index is 13.2. The Kier molecular flexibility index (Phi) is 5.53. The van der Waals surface area contributed by atoms with E-state index in [9.17, 15) is 4.79 Å². The fraction of sp³-hybridized carbons (Fsp3) is 0.368. The van der Waals surface area contributed by atoms with Crippen LogP contribution in [0.5, 0.6) is 0 Å². The number of hydrogen-bond acceptors (Lipinski definition) is 4. The van der Waals surface area contributed by atoms with Gasteiger partial charge in [-0.15, -0.1) is 0 Å². The second-order valence-electron chi connectivity index (χ2n) is 6.44. The molecule has 7 heteroatoms. The van der Waals surface area contributed by atoms with Crippen molar-refractivity contribution >= 4 is 29.1 Å². The molecule has 0 fully saturated rings. The maximum Gasteiger partial charge on any atom is 0.257 e. The van der Waals surface area contributed by atoms with E-state index < -0.39 is 0 Å². The van der Waals surface area contributed by atoms with Crippen molar-refractivity contribution < 1.29 is 9.53 Å². The Morgan fingerprint density at radius 2 is 2.08 bits per heavy atom. The number of pyridine rings is 1. The number of hydrogen-bond donors (Lipinski definition) is 1. The Labute approximate surface area is 163 Å². The summed E-state index contributed by atoms with van der Waals surface area (Å²) in [6.45, 7) is 5.03. The van der Waals surface area contributed by atoms with Gasteiger partial charge in [0.2, 0.25) is 0 Å². The number of amides is 1. The van der Waals surface area contributed by atoms with E-state index in [1.54, 1.807) is 24.1 Å². The SMILES string of the molecule is COC[C@H](C)N1Cc2nc(C)c(CN)c(-c3ccc(Cl)cc3Cl)c2C1=O. The standard InChI is InChI=1S/C19H21Cl2N3O2/c1-10(9-26-3)24-8-16-18(19(24)25)17(14(7-22)11(2)23-16)13-5-4-12(20)6-15(13)21/h4-6,10H,7-9,22H2,1-3H3/t10-/m0/s1. The van der Waals surface area contributed by atoms with Crippen LogP contribution in [0.1, 0.15) is 34.2 Å². The maximum absolute atomic E-state index is 13.2. The first kappa shape index (κ1) is 19.1. The lowest BCUT2D eigenvalue weighted by Crippen LogP contribution is -2.36. The molecule has 5 nitrogen and oxygen atoms in total. The number of fused-ring (bicyclic) bond motifs is 1. The van der Waals surface area contributed by atoms with Crippen LogP contribution in [0.2, 0.25) is 10.0 Å². The number of halogens is 2. The lowest BCUT2D eigenvalue weighted by atomic mass is 9.93. The van der Waals surface area contributed by atoms with Crippen LogP contribution in [0.3, 0.4) is 0 Å². The fourth-order valence-electron chi connectivity index (χ4n) is 3.45. The van der Waals surface area contributed by atoms with Crippen molar-refractivity contribution in [1.82, 2.24) is 9.88 Å². The molecule has 0 aliphatic carbocycles. The van der Waals surface area contributed by atoms with Gasteiger partial charge in [-0.1, -0.05) is 29.3 Å². The molecule has 1 aromatic carbocycles. The number of ether oxygens (including phenoxy) is 1. The highest BCUT2D eigenvalue weighted by Crippen LogP contribution is 2.40. The number of aryl methyl sites for hydroxylation is 1. The van der Waals surface area contributed by atoms with E-state index in [1.807, 2.05) is 19.9 Å². The number of nitrogens with zero attached hydrogens (tertiary/aromatic N) is 2. The van der Waals surface area contributed by atoms with Crippen molar-refractivity contribution in [3.63, 3.8) is 0 Å². The average molecular weight is 394 g/mol. The van der Waals surface area contributed by atoms with Gasteiger partial charge in [0.25, 0.3) is 5.91 Å². The molecule has 0 radical (unpaired) electrons. The van der Waals surface area contributed by atoms with Crippen molar-refractivity contribution in [2.45, 2.75) is 33.0 Å². The first-order valence-electron chi connectivity index (χ1n) is 8.36. The van der Waals surface area contributed by atoms with Crippen LogP contribution >= 0.6 is 23.2 Å². The van der Waals surface area contributed by atoms with Crippen LogP contribution in [-0.2, 0) is 17.8 Å². The minimum atomic E-state index is -0.0761. The topological polar surface area (TPSA) is 68.4 Å². The molecule has 1 atom stereocenters. The summed E-state index contributed by atoms with van der Waals surface area (Å²) in [5.41, 5.74) is 10.4. The molecule has 1 aromatic heterocycles. The predicted molar refractivity (Wildman–Crippen MR) is 104 cm³/mol. The number of methoxy groups -OCH3 is 1. The molecule has 0 bridgehead atoms. The van der Waals surface area contributed by atoms with Crippen molar-refractivity contribution in [2.75, 3.05) is 13.7 Å². The van der Waals surface area contributed by atoms with E-state index in [2.05, 4.69) is 4.98 Å². The third-order valence-electron chi connectivity index (χ3n) is 4.72. The summed E-state index contributed by atoms with van der Waals surface area (Å²) in [6.07, 6.45) is 0. The molecule has 0 saturated carbocycles. The molecular formula is C19H21Cl2N3O2. The van der Waals surface area contributed by atoms with Gasteiger partial charge in [0.1, 0.15) is 0 Å². The molecule has 0 spiro atoms. The van der Waals surface area contributed by atoms with Gasteiger partial charge < -0.3 is 15.4 Å². The molecule has 2 aromatic rings. The summed E-state index contributed by atoms with van der Waals surface area (Å²) in [6, 6.07) is 5.20. The van der Waals surface area contributed by atoms with Gasteiger partial charge >= 0.3 is 0 Å². The van der Waals surface area contributed by atoms with Crippen LogP contribution in [-0.4, -0.2) is 35.5 Å². The van der Waals surface area contributed by atoms with E-state index in [0.717, 1.165) is 28.1 Å². The predicted octanol–water partition coefficient (Wildman–Crippen LogP) is 3.81. The van der Waals surface area contributed by atoms with Crippen LogP contribution in [0.15, 0.2) is 18.2 Å². The third kappa shape index (κ3) is 3.21. The van der Waals surface area contributed by atoms with E-state index >= 15 is 0 Å². The number of carbonyl (C=O) groups excluding carboxylic acids is 1. The molecule has 2 heterocycles. The molecular weight excluding hydrogens is 373 g/mol. The molecule has 26 heavy (non-hydrogen) atoms. The van der Waals surface area contributed by atoms with Crippen LogP contribution in [0.25, 0.3) is 11.1 Å². The van der Waals surface area contributed by atoms with Crippen molar-refractivity contribution in [3.05, 3.63) is 50.8 Å². The van der Waals surface area contributed by atoms with Crippen molar-refractivity contribution in [3.8, 4) is 11.1 Å². The minimum Gasteiger partial charge on any atom is -0.383 e. The Hall–Kier alpha value is -1.66. The van der Waals surface area contributed by atoms with Gasteiger partial charge in [0, 0.05) is 40.5 Å².